The van der Waals surface area contributed by atoms with Crippen molar-refractivity contribution in [2.75, 3.05) is 4.90 Å². The second-order valence-corrected chi connectivity index (χ2v) is 10.0. The maximum atomic E-state index is 14.0. The molecule has 3 heterocycles. The van der Waals surface area contributed by atoms with Crippen LogP contribution in [0.1, 0.15) is 27.5 Å². The van der Waals surface area contributed by atoms with E-state index < -0.39 is 23.9 Å². The first-order chi connectivity index (χ1) is 18.0. The highest BCUT2D eigenvalue weighted by Gasteiger charge is 2.65. The molecule has 0 aliphatic carbocycles. The number of carbonyl (C=O) groups excluding carboxylic acids is 3. The van der Waals surface area contributed by atoms with E-state index in [0.29, 0.717) is 16.3 Å². The first-order valence-corrected chi connectivity index (χ1v) is 12.5. The van der Waals surface area contributed by atoms with Gasteiger partial charge in [-0.2, -0.15) is 5.10 Å². The molecule has 7 heteroatoms. The van der Waals surface area contributed by atoms with Crippen LogP contribution >= 0.6 is 11.6 Å². The van der Waals surface area contributed by atoms with Crippen LogP contribution in [0.15, 0.2) is 96.1 Å². The van der Waals surface area contributed by atoms with E-state index in [2.05, 4.69) is 5.10 Å². The highest BCUT2D eigenvalue weighted by Crippen LogP contribution is 2.53. The third-order valence-corrected chi connectivity index (χ3v) is 7.93. The maximum Gasteiger partial charge on any atom is 0.240 e. The van der Waals surface area contributed by atoms with Gasteiger partial charge in [0.05, 0.1) is 29.8 Å². The maximum absolute atomic E-state index is 14.0. The van der Waals surface area contributed by atoms with Gasteiger partial charge in [0.2, 0.25) is 11.8 Å². The second-order valence-electron chi connectivity index (χ2n) is 9.61. The molecule has 0 spiro atoms. The highest BCUT2D eigenvalue weighted by atomic mass is 35.5. The first kappa shape index (κ1) is 21.9. The number of imide groups is 1. The molecule has 37 heavy (non-hydrogen) atoms. The van der Waals surface area contributed by atoms with Gasteiger partial charge >= 0.3 is 0 Å². The predicted molar refractivity (Wildman–Crippen MR) is 142 cm³/mol. The van der Waals surface area contributed by atoms with Crippen molar-refractivity contribution in [2.45, 2.75) is 12.1 Å². The Kier molecular flexibility index (Phi) is 4.81. The van der Waals surface area contributed by atoms with E-state index in [4.69, 9.17) is 11.6 Å². The molecule has 3 aliphatic rings. The Morgan fingerprint density at radius 3 is 2.30 bits per heavy atom. The van der Waals surface area contributed by atoms with Crippen LogP contribution in [-0.4, -0.2) is 34.9 Å². The third-order valence-electron chi connectivity index (χ3n) is 7.68. The van der Waals surface area contributed by atoms with Gasteiger partial charge in [-0.1, -0.05) is 66.2 Å². The minimum absolute atomic E-state index is 0.257. The molecular weight excluding hydrogens is 486 g/mol. The molecule has 0 bridgehead atoms. The number of hydrazone groups is 1. The van der Waals surface area contributed by atoms with Crippen molar-refractivity contribution in [2.24, 2.45) is 16.9 Å². The van der Waals surface area contributed by atoms with Gasteiger partial charge in [-0.15, -0.1) is 0 Å². The summed E-state index contributed by atoms with van der Waals surface area (Å²) in [6, 6.07) is 26.2. The van der Waals surface area contributed by atoms with Crippen molar-refractivity contribution in [1.29, 1.82) is 0 Å². The Morgan fingerprint density at radius 2 is 1.49 bits per heavy atom. The van der Waals surface area contributed by atoms with Crippen LogP contribution in [0.4, 0.5) is 5.69 Å². The van der Waals surface area contributed by atoms with Crippen LogP contribution in [0, 0.1) is 11.8 Å². The summed E-state index contributed by atoms with van der Waals surface area (Å²) in [6.07, 6.45) is 1.70. The largest absolute Gasteiger partial charge is 0.292 e. The summed E-state index contributed by atoms with van der Waals surface area (Å²) in [5, 5.41) is 8.74. The molecule has 0 radical (unpaired) electrons. The van der Waals surface area contributed by atoms with Gasteiger partial charge in [0.1, 0.15) is 6.04 Å². The molecule has 4 aromatic carbocycles. The van der Waals surface area contributed by atoms with Crippen molar-refractivity contribution in [3.8, 4) is 0 Å². The molecule has 4 atom stereocenters. The Balaban J connectivity index is 1.37. The number of hydrogen-bond acceptors (Lipinski definition) is 5. The SMILES string of the molecule is O=C(c1ccc(Cl)cc1)[C@@H]1[C@@H]2C(=O)N(c3ccc4ccccc4c3)C(=O)[C@@H]2[C@@H]2c3ccccc3C=NN12. The minimum Gasteiger partial charge on any atom is -0.292 e. The van der Waals surface area contributed by atoms with E-state index >= 15 is 0 Å². The molecular formula is C30H20ClN3O3. The lowest BCUT2D eigenvalue weighted by Gasteiger charge is -2.33. The summed E-state index contributed by atoms with van der Waals surface area (Å²) >= 11 is 6.05. The Labute approximate surface area is 217 Å². The Bertz CT molecular complexity index is 1650. The highest BCUT2D eigenvalue weighted by molar-refractivity contribution is 6.30. The third kappa shape index (κ3) is 3.19. The standard InChI is InChI=1S/C30H20ClN3O3/c31-21-12-9-18(10-13-21)28(35)27-25-24(26-23-8-4-3-7-20(23)16-32-34(26)27)29(36)33(30(25)37)22-14-11-17-5-1-2-6-19(17)15-22/h1-16,24-27H/t24-,25+,26-,27-/m0/s1. The van der Waals surface area contributed by atoms with Crippen LogP contribution in [0.5, 0.6) is 0 Å². The van der Waals surface area contributed by atoms with Gasteiger partial charge in [0, 0.05) is 10.6 Å². The van der Waals surface area contributed by atoms with Gasteiger partial charge in [0.15, 0.2) is 5.78 Å². The molecule has 6 nitrogen and oxygen atoms in total. The number of hydrogen-bond donors (Lipinski definition) is 0. The molecule has 2 amide bonds. The minimum atomic E-state index is -0.914. The van der Waals surface area contributed by atoms with Crippen LogP contribution in [-0.2, 0) is 9.59 Å². The molecule has 4 aromatic rings. The molecule has 180 valence electrons. The van der Waals surface area contributed by atoms with E-state index in [1.165, 1.54) is 4.90 Å². The molecule has 7 rings (SSSR count). The van der Waals surface area contributed by atoms with E-state index in [9.17, 15) is 14.4 Å². The van der Waals surface area contributed by atoms with Gasteiger partial charge in [0.25, 0.3) is 0 Å². The van der Waals surface area contributed by atoms with Gasteiger partial charge in [-0.3, -0.25) is 19.4 Å². The van der Waals surface area contributed by atoms with Gasteiger partial charge < -0.3 is 0 Å². The lowest BCUT2D eigenvalue weighted by molar-refractivity contribution is -0.124. The van der Waals surface area contributed by atoms with Crippen LogP contribution < -0.4 is 4.90 Å². The molecule has 0 N–H and O–H groups in total. The number of anilines is 1. The van der Waals surface area contributed by atoms with Crippen molar-refractivity contribution < 1.29 is 14.4 Å². The number of halogens is 1. The number of fused-ring (bicyclic) bond motifs is 6. The normalized spacial score (nSPS) is 23.8. The monoisotopic (exact) mass is 505 g/mol. The lowest BCUT2D eigenvalue weighted by atomic mass is 9.83. The van der Waals surface area contributed by atoms with Crippen molar-refractivity contribution in [3.05, 3.63) is 113 Å². The Morgan fingerprint density at radius 1 is 0.784 bits per heavy atom. The fourth-order valence-electron chi connectivity index (χ4n) is 6.02. The van der Waals surface area contributed by atoms with Gasteiger partial charge in [-0.05, 0) is 58.3 Å². The van der Waals surface area contributed by atoms with Gasteiger partial charge in [-0.25, -0.2) is 4.90 Å². The number of benzene rings is 4. The summed E-state index contributed by atoms with van der Waals surface area (Å²) in [5.74, 6) is -2.54. The quantitative estimate of drug-likeness (QED) is 0.281. The zero-order valence-electron chi connectivity index (χ0n) is 19.5. The zero-order chi connectivity index (χ0) is 25.3. The fourth-order valence-corrected chi connectivity index (χ4v) is 6.15. The number of carbonyl (C=O) groups is 3. The average Bonchev–Trinajstić information content (AvgIpc) is 3.40. The molecule has 0 unspecified atom stereocenters. The summed E-state index contributed by atoms with van der Waals surface area (Å²) in [7, 11) is 0. The van der Waals surface area contributed by atoms with Crippen molar-refractivity contribution >= 4 is 51.9 Å². The molecule has 3 aliphatic heterocycles. The summed E-state index contributed by atoms with van der Waals surface area (Å²) in [5.41, 5.74) is 2.71. The number of Topliss-reactive ketones (excluding diaryl/α,β-unsaturated/α-hetero) is 1. The number of nitrogens with zero attached hydrogens (tertiary/aromatic N) is 3. The number of ketones is 1. The lowest BCUT2D eigenvalue weighted by Crippen LogP contribution is -2.44. The Hall–Kier alpha value is -4.29. The summed E-state index contributed by atoms with van der Waals surface area (Å²) in [4.78, 5) is 43.3. The first-order valence-electron chi connectivity index (χ1n) is 12.1. The predicted octanol–water partition coefficient (Wildman–Crippen LogP) is 5.25. The fraction of sp³-hybridized carbons (Fsp3) is 0.133. The van der Waals surface area contributed by atoms with E-state index in [0.717, 1.165) is 21.9 Å². The van der Waals surface area contributed by atoms with E-state index in [1.807, 2.05) is 60.7 Å². The van der Waals surface area contributed by atoms with Crippen LogP contribution in [0.25, 0.3) is 10.8 Å². The topological polar surface area (TPSA) is 70.0 Å². The average molecular weight is 506 g/mol. The summed E-state index contributed by atoms with van der Waals surface area (Å²) in [6.45, 7) is 0. The molecule has 0 saturated carbocycles. The molecule has 2 saturated heterocycles. The van der Waals surface area contributed by atoms with Crippen LogP contribution in [0.2, 0.25) is 5.02 Å². The van der Waals surface area contributed by atoms with Crippen LogP contribution in [0.3, 0.4) is 0 Å². The van der Waals surface area contributed by atoms with E-state index in [1.54, 1.807) is 41.6 Å². The summed E-state index contributed by atoms with van der Waals surface area (Å²) < 4.78 is 0. The number of rotatable bonds is 3. The number of amides is 2. The zero-order valence-corrected chi connectivity index (χ0v) is 20.2. The van der Waals surface area contributed by atoms with Crippen molar-refractivity contribution in [3.63, 3.8) is 0 Å². The smallest absolute Gasteiger partial charge is 0.240 e. The molecule has 0 aromatic heterocycles. The van der Waals surface area contributed by atoms with Crippen molar-refractivity contribution in [1.82, 2.24) is 5.01 Å². The molecule has 2 fully saturated rings. The van der Waals surface area contributed by atoms with E-state index in [-0.39, 0.29) is 17.6 Å². The second kappa shape index (κ2) is 8.11.